The third-order valence-corrected chi connectivity index (χ3v) is 6.50. The third-order valence-electron chi connectivity index (χ3n) is 6.50. The number of fused-ring (bicyclic) bond motifs is 1. The van der Waals surface area contributed by atoms with Gasteiger partial charge in [-0.3, -0.25) is 9.36 Å². The summed E-state index contributed by atoms with van der Waals surface area (Å²) in [5, 5.41) is 4.24. The first-order valence-corrected chi connectivity index (χ1v) is 11.7. The molecule has 8 heteroatoms. The van der Waals surface area contributed by atoms with Gasteiger partial charge in [0.2, 0.25) is 5.75 Å². The summed E-state index contributed by atoms with van der Waals surface area (Å²) in [4.78, 5) is 17.7. The van der Waals surface area contributed by atoms with E-state index in [2.05, 4.69) is 10.3 Å². The van der Waals surface area contributed by atoms with Crippen LogP contribution in [-0.4, -0.2) is 49.6 Å². The van der Waals surface area contributed by atoms with E-state index in [0.717, 1.165) is 16.9 Å². The number of methoxy groups -OCH3 is 3. The number of benzene rings is 3. The number of nitrogens with zero attached hydrogens (tertiary/aromatic N) is 2. The summed E-state index contributed by atoms with van der Waals surface area (Å²) in [6.07, 6.45) is 0.707. The summed E-state index contributed by atoms with van der Waals surface area (Å²) >= 11 is 0. The van der Waals surface area contributed by atoms with Crippen molar-refractivity contribution in [3.05, 3.63) is 82.4 Å². The molecule has 36 heavy (non-hydrogen) atoms. The van der Waals surface area contributed by atoms with Gasteiger partial charge >= 0.3 is 0 Å². The maximum Gasteiger partial charge on any atom is 0.265 e. The van der Waals surface area contributed by atoms with Gasteiger partial charge in [-0.25, -0.2) is 4.98 Å². The van der Waals surface area contributed by atoms with E-state index in [1.165, 1.54) is 0 Å². The normalized spacial score (nSPS) is 14.2. The predicted molar refractivity (Wildman–Crippen MR) is 139 cm³/mol. The highest BCUT2D eigenvalue weighted by Gasteiger charge is 2.39. The van der Waals surface area contributed by atoms with Crippen molar-refractivity contribution in [2.45, 2.75) is 18.9 Å². The standard InChI is InChI=1S/C28H29N3O5/c1-18-29-23-8-6-5-7-22(23)27(32)31(18)21-11-9-20(10-12-21)30-28(16-36-17-28)15-19-13-24(33-2)26(35-4)25(14-19)34-3/h5-14,30H,15-17H2,1-4H3. The van der Waals surface area contributed by atoms with Gasteiger partial charge in [0.1, 0.15) is 5.82 Å². The Morgan fingerprint density at radius 3 is 2.22 bits per heavy atom. The van der Waals surface area contributed by atoms with E-state index in [1.807, 2.05) is 61.5 Å². The number of hydrogen-bond donors (Lipinski definition) is 1. The maximum absolute atomic E-state index is 13.1. The fourth-order valence-electron chi connectivity index (χ4n) is 4.74. The summed E-state index contributed by atoms with van der Waals surface area (Å²) in [7, 11) is 4.82. The van der Waals surface area contributed by atoms with Crippen LogP contribution >= 0.6 is 0 Å². The molecule has 0 amide bonds. The molecule has 1 aliphatic heterocycles. The lowest BCUT2D eigenvalue weighted by atomic mass is 9.88. The first kappa shape index (κ1) is 23.7. The third kappa shape index (κ3) is 4.24. The van der Waals surface area contributed by atoms with Gasteiger partial charge in [-0.15, -0.1) is 0 Å². The van der Waals surface area contributed by atoms with Gasteiger partial charge in [0.05, 0.1) is 56.7 Å². The molecule has 2 heterocycles. The second-order valence-corrected chi connectivity index (χ2v) is 8.97. The zero-order valence-electron chi connectivity index (χ0n) is 20.8. The van der Waals surface area contributed by atoms with Crippen LogP contribution in [0.5, 0.6) is 17.2 Å². The molecule has 1 N–H and O–H groups in total. The number of nitrogens with one attached hydrogen (secondary N) is 1. The lowest BCUT2D eigenvalue weighted by Crippen LogP contribution is -2.57. The molecule has 5 rings (SSSR count). The molecule has 0 unspecified atom stereocenters. The molecule has 4 aromatic rings. The molecule has 0 bridgehead atoms. The van der Waals surface area contributed by atoms with Crippen LogP contribution in [0.1, 0.15) is 11.4 Å². The highest BCUT2D eigenvalue weighted by Crippen LogP contribution is 2.40. The van der Waals surface area contributed by atoms with Crippen LogP contribution in [0, 0.1) is 6.92 Å². The Bertz CT molecular complexity index is 1430. The van der Waals surface area contributed by atoms with Crippen molar-refractivity contribution in [2.75, 3.05) is 39.9 Å². The van der Waals surface area contributed by atoms with Gasteiger partial charge in [-0.2, -0.15) is 0 Å². The van der Waals surface area contributed by atoms with Crippen LogP contribution in [0.2, 0.25) is 0 Å². The number of rotatable bonds is 8. The number of para-hydroxylation sites is 1. The highest BCUT2D eigenvalue weighted by molar-refractivity contribution is 5.77. The smallest absolute Gasteiger partial charge is 0.265 e. The van der Waals surface area contributed by atoms with Gasteiger partial charge in [0, 0.05) is 12.1 Å². The minimum Gasteiger partial charge on any atom is -0.493 e. The summed E-state index contributed by atoms with van der Waals surface area (Å²) in [6.45, 7) is 2.98. The number of anilines is 1. The van der Waals surface area contributed by atoms with E-state index in [-0.39, 0.29) is 11.1 Å². The number of hydrogen-bond acceptors (Lipinski definition) is 7. The molecular formula is C28H29N3O5. The molecular weight excluding hydrogens is 458 g/mol. The molecule has 1 fully saturated rings. The molecule has 1 aromatic heterocycles. The molecule has 3 aromatic carbocycles. The summed E-state index contributed by atoms with van der Waals surface area (Å²) in [5.74, 6) is 2.46. The van der Waals surface area contributed by atoms with Crippen molar-refractivity contribution in [1.29, 1.82) is 0 Å². The van der Waals surface area contributed by atoms with Gasteiger partial charge in [0.15, 0.2) is 11.5 Å². The average molecular weight is 488 g/mol. The van der Waals surface area contributed by atoms with Crippen LogP contribution in [-0.2, 0) is 11.2 Å². The largest absolute Gasteiger partial charge is 0.493 e. The van der Waals surface area contributed by atoms with Crippen molar-refractivity contribution in [2.24, 2.45) is 0 Å². The molecule has 8 nitrogen and oxygen atoms in total. The lowest BCUT2D eigenvalue weighted by Gasteiger charge is -2.43. The van der Waals surface area contributed by atoms with E-state index in [4.69, 9.17) is 18.9 Å². The molecule has 1 saturated heterocycles. The highest BCUT2D eigenvalue weighted by atomic mass is 16.5. The Morgan fingerprint density at radius 2 is 1.64 bits per heavy atom. The average Bonchev–Trinajstić information content (AvgIpc) is 2.87. The Labute approximate surface area is 209 Å². The minimum atomic E-state index is -0.274. The topological polar surface area (TPSA) is 83.8 Å². The van der Waals surface area contributed by atoms with Crippen molar-refractivity contribution in [3.63, 3.8) is 0 Å². The van der Waals surface area contributed by atoms with Crippen molar-refractivity contribution in [1.82, 2.24) is 9.55 Å². The van der Waals surface area contributed by atoms with Crippen LogP contribution < -0.4 is 25.1 Å². The fraction of sp³-hybridized carbons (Fsp3) is 0.286. The fourth-order valence-corrected chi connectivity index (χ4v) is 4.74. The number of aryl methyl sites for hydroxylation is 1. The lowest BCUT2D eigenvalue weighted by molar-refractivity contribution is -0.0411. The molecule has 1 aliphatic rings. The Hall–Kier alpha value is -4.04. The molecule has 186 valence electrons. The quantitative estimate of drug-likeness (QED) is 0.400. The monoisotopic (exact) mass is 487 g/mol. The van der Waals surface area contributed by atoms with Gasteiger partial charge < -0.3 is 24.3 Å². The van der Waals surface area contributed by atoms with Gasteiger partial charge in [-0.05, 0) is 61.0 Å². The summed E-state index contributed by atoms with van der Waals surface area (Å²) < 4.78 is 23.7. The Balaban J connectivity index is 1.41. The van der Waals surface area contributed by atoms with E-state index in [1.54, 1.807) is 32.0 Å². The molecule has 0 atom stereocenters. The van der Waals surface area contributed by atoms with Crippen LogP contribution in [0.4, 0.5) is 5.69 Å². The van der Waals surface area contributed by atoms with Crippen LogP contribution in [0.25, 0.3) is 16.6 Å². The molecule has 0 spiro atoms. The van der Waals surface area contributed by atoms with Gasteiger partial charge in [0.25, 0.3) is 5.56 Å². The van der Waals surface area contributed by atoms with Crippen LogP contribution in [0.3, 0.4) is 0 Å². The van der Waals surface area contributed by atoms with E-state index < -0.39 is 0 Å². The van der Waals surface area contributed by atoms with Crippen molar-refractivity contribution < 1.29 is 18.9 Å². The molecule has 0 radical (unpaired) electrons. The molecule has 0 aliphatic carbocycles. The van der Waals surface area contributed by atoms with E-state index in [0.29, 0.717) is 53.6 Å². The van der Waals surface area contributed by atoms with Crippen LogP contribution in [0.15, 0.2) is 65.5 Å². The number of ether oxygens (including phenoxy) is 4. The second kappa shape index (κ2) is 9.54. The minimum absolute atomic E-state index is 0.0786. The summed E-state index contributed by atoms with van der Waals surface area (Å²) in [6, 6.07) is 19.2. The first-order chi connectivity index (χ1) is 17.5. The first-order valence-electron chi connectivity index (χ1n) is 11.7. The van der Waals surface area contributed by atoms with Crippen molar-refractivity contribution in [3.8, 4) is 22.9 Å². The maximum atomic E-state index is 13.1. The van der Waals surface area contributed by atoms with E-state index >= 15 is 0 Å². The predicted octanol–water partition coefficient (Wildman–Crippen LogP) is 4.14. The zero-order valence-corrected chi connectivity index (χ0v) is 20.8. The Kier molecular flexibility index (Phi) is 6.28. The Morgan fingerprint density at radius 1 is 0.972 bits per heavy atom. The summed E-state index contributed by atoms with van der Waals surface area (Å²) in [5.41, 5.74) is 3.10. The molecule has 0 saturated carbocycles. The number of aromatic nitrogens is 2. The second-order valence-electron chi connectivity index (χ2n) is 8.97. The van der Waals surface area contributed by atoms with Gasteiger partial charge in [-0.1, -0.05) is 12.1 Å². The van der Waals surface area contributed by atoms with Crippen molar-refractivity contribution >= 4 is 16.6 Å². The zero-order chi connectivity index (χ0) is 25.3. The SMILES string of the molecule is COc1cc(CC2(Nc3ccc(-n4c(C)nc5ccccc5c4=O)cc3)COC2)cc(OC)c1OC. The van der Waals surface area contributed by atoms with E-state index in [9.17, 15) is 4.79 Å².